The highest BCUT2D eigenvalue weighted by atomic mass is 16.5. The fourth-order valence-electron chi connectivity index (χ4n) is 1.13. The molecule has 0 unspecified atom stereocenters. The molecule has 1 aromatic rings. The molecule has 0 spiro atoms. The van der Waals surface area contributed by atoms with Crippen molar-refractivity contribution in [1.82, 2.24) is 5.32 Å². The van der Waals surface area contributed by atoms with Gasteiger partial charge in [-0.2, -0.15) is 0 Å². The summed E-state index contributed by atoms with van der Waals surface area (Å²) >= 11 is 0. The fourth-order valence-corrected chi connectivity index (χ4v) is 1.13. The van der Waals surface area contributed by atoms with Crippen LogP contribution >= 0.6 is 0 Å². The Morgan fingerprint density at radius 2 is 2.12 bits per heavy atom. The Hall–Kier alpha value is -2.02. The summed E-state index contributed by atoms with van der Waals surface area (Å²) in [6, 6.07) is 9.61. The third-order valence-electron chi connectivity index (χ3n) is 1.93. The van der Waals surface area contributed by atoms with Crippen molar-refractivity contribution in [3.05, 3.63) is 47.3 Å². The van der Waals surface area contributed by atoms with E-state index in [4.69, 9.17) is 11.3 Å². The second kappa shape index (κ2) is 7.30. The first-order chi connectivity index (χ1) is 7.83. The largest absolute Gasteiger partial charge is 0.449 e. The first-order valence-corrected chi connectivity index (χ1v) is 5.10. The van der Waals surface area contributed by atoms with Crippen LogP contribution in [0.5, 0.6) is 0 Å². The maximum absolute atomic E-state index is 11.2. The zero-order valence-corrected chi connectivity index (χ0v) is 8.98. The van der Waals surface area contributed by atoms with Crippen molar-refractivity contribution in [2.24, 2.45) is 0 Å². The van der Waals surface area contributed by atoms with Crippen LogP contribution in [0.15, 0.2) is 30.3 Å². The van der Waals surface area contributed by atoms with Crippen LogP contribution < -0.4 is 5.32 Å². The van der Waals surface area contributed by atoms with E-state index in [-0.39, 0.29) is 0 Å². The van der Waals surface area contributed by atoms with Crippen molar-refractivity contribution in [1.29, 1.82) is 0 Å². The van der Waals surface area contributed by atoms with Crippen LogP contribution in [-0.2, 0) is 11.3 Å². The molecular formula is C12H14N2O2. The number of rotatable bonds is 5. The van der Waals surface area contributed by atoms with Gasteiger partial charge in [0.1, 0.15) is 6.61 Å². The predicted molar refractivity (Wildman–Crippen MR) is 60.7 cm³/mol. The maximum Gasteiger partial charge on any atom is 0.407 e. The molecule has 1 N–H and O–H groups in total. The number of nitrogens with one attached hydrogen (secondary N) is 1. The van der Waals surface area contributed by atoms with E-state index in [2.05, 4.69) is 10.2 Å². The number of carbonyl (C=O) groups is 1. The highest BCUT2D eigenvalue weighted by Crippen LogP contribution is 1.97. The maximum atomic E-state index is 11.2. The highest BCUT2D eigenvalue weighted by molar-refractivity contribution is 5.67. The van der Waals surface area contributed by atoms with Crippen LogP contribution in [0.1, 0.15) is 12.0 Å². The molecular weight excluding hydrogens is 204 g/mol. The second-order valence-corrected chi connectivity index (χ2v) is 3.21. The number of benzene rings is 1. The Morgan fingerprint density at radius 1 is 1.38 bits per heavy atom. The van der Waals surface area contributed by atoms with Crippen molar-refractivity contribution >= 4 is 6.09 Å². The minimum absolute atomic E-state index is 0.295. The Balaban J connectivity index is 2.14. The van der Waals surface area contributed by atoms with Crippen LogP contribution in [0.3, 0.4) is 0 Å². The monoisotopic (exact) mass is 218 g/mol. The highest BCUT2D eigenvalue weighted by Gasteiger charge is 2.01. The van der Waals surface area contributed by atoms with E-state index in [0.29, 0.717) is 26.1 Å². The third-order valence-corrected chi connectivity index (χ3v) is 1.93. The molecule has 0 aliphatic heterocycles. The van der Waals surface area contributed by atoms with Crippen LogP contribution in [0.25, 0.3) is 4.85 Å². The van der Waals surface area contributed by atoms with Gasteiger partial charge in [0.15, 0.2) is 0 Å². The second-order valence-electron chi connectivity index (χ2n) is 3.21. The van der Waals surface area contributed by atoms with Gasteiger partial charge in [0.2, 0.25) is 6.54 Å². The molecule has 0 saturated carbocycles. The van der Waals surface area contributed by atoms with Gasteiger partial charge in [-0.15, -0.1) is 0 Å². The summed E-state index contributed by atoms with van der Waals surface area (Å²) in [6.07, 6.45) is 0.149. The number of nitrogens with zero attached hydrogens (tertiary/aromatic N) is 1. The Labute approximate surface area is 95.0 Å². The molecule has 0 saturated heterocycles. The molecule has 0 fully saturated rings. The number of alkyl carbamates (subject to hydrolysis) is 1. The normalized spacial score (nSPS) is 9.19. The number of ether oxygens (including phenoxy) is 1. The number of amides is 1. The minimum Gasteiger partial charge on any atom is -0.449 e. The zero-order valence-electron chi connectivity index (χ0n) is 8.98. The molecule has 0 atom stereocenters. The van der Waals surface area contributed by atoms with Gasteiger partial charge in [0, 0.05) is 6.54 Å². The van der Waals surface area contributed by atoms with E-state index in [0.717, 1.165) is 5.56 Å². The summed E-state index contributed by atoms with van der Waals surface area (Å²) in [7, 11) is 0. The molecule has 1 rings (SSSR count). The average molecular weight is 218 g/mol. The van der Waals surface area contributed by atoms with E-state index in [1.165, 1.54) is 0 Å². The van der Waals surface area contributed by atoms with E-state index in [1.807, 2.05) is 30.3 Å². The van der Waals surface area contributed by atoms with Crippen LogP contribution in [-0.4, -0.2) is 19.2 Å². The first kappa shape index (κ1) is 12.1. The summed E-state index contributed by atoms with van der Waals surface area (Å²) in [5, 5.41) is 2.64. The van der Waals surface area contributed by atoms with Gasteiger partial charge in [0.25, 0.3) is 0 Å². The first-order valence-electron chi connectivity index (χ1n) is 5.10. The van der Waals surface area contributed by atoms with Crippen LogP contribution in [0.2, 0.25) is 0 Å². The van der Waals surface area contributed by atoms with Crippen LogP contribution in [0, 0.1) is 6.57 Å². The van der Waals surface area contributed by atoms with Gasteiger partial charge in [-0.3, -0.25) is 0 Å². The van der Waals surface area contributed by atoms with Gasteiger partial charge >= 0.3 is 6.09 Å². The molecule has 0 radical (unpaired) electrons. The Kier molecular flexibility index (Phi) is 5.49. The Bertz CT molecular complexity index is 357. The van der Waals surface area contributed by atoms with Gasteiger partial charge in [0.05, 0.1) is 6.42 Å². The quantitative estimate of drug-likeness (QED) is 0.608. The van der Waals surface area contributed by atoms with E-state index < -0.39 is 6.09 Å². The number of hydrogen-bond acceptors (Lipinski definition) is 2. The summed E-state index contributed by atoms with van der Waals surface area (Å²) in [4.78, 5) is 14.3. The van der Waals surface area contributed by atoms with Crippen molar-refractivity contribution < 1.29 is 9.53 Å². The van der Waals surface area contributed by atoms with Crippen molar-refractivity contribution in [3.8, 4) is 0 Å². The molecule has 16 heavy (non-hydrogen) atoms. The van der Waals surface area contributed by atoms with Gasteiger partial charge in [-0.1, -0.05) is 30.3 Å². The topological polar surface area (TPSA) is 42.7 Å². The fraction of sp³-hybridized carbons (Fsp3) is 0.333. The molecule has 0 aliphatic carbocycles. The van der Waals surface area contributed by atoms with Gasteiger partial charge < -0.3 is 14.9 Å². The van der Waals surface area contributed by atoms with E-state index in [9.17, 15) is 4.79 Å². The minimum atomic E-state index is -0.436. The summed E-state index contributed by atoms with van der Waals surface area (Å²) in [6.45, 7) is 7.70. The van der Waals surface area contributed by atoms with Crippen LogP contribution in [0.4, 0.5) is 4.79 Å². The van der Waals surface area contributed by atoms with Crippen molar-refractivity contribution in [3.63, 3.8) is 0 Å². The average Bonchev–Trinajstić information content (AvgIpc) is 2.33. The predicted octanol–water partition coefficient (Wildman–Crippen LogP) is 2.22. The smallest absolute Gasteiger partial charge is 0.407 e. The Morgan fingerprint density at radius 3 is 2.81 bits per heavy atom. The molecule has 4 nitrogen and oxygen atoms in total. The lowest BCUT2D eigenvalue weighted by atomic mass is 10.2. The number of hydrogen-bond donors (Lipinski definition) is 1. The standard InChI is InChI=1S/C12H14N2O2/c1-13-8-5-9-16-12(15)14-10-11-6-3-2-4-7-11/h2-4,6-7H,5,8-10H2,(H,14,15). The van der Waals surface area contributed by atoms with E-state index in [1.54, 1.807) is 0 Å². The molecule has 0 aliphatic rings. The lowest BCUT2D eigenvalue weighted by Gasteiger charge is -2.05. The van der Waals surface area contributed by atoms with Gasteiger partial charge in [-0.05, 0) is 5.56 Å². The summed E-state index contributed by atoms with van der Waals surface area (Å²) in [5.41, 5.74) is 1.03. The lowest BCUT2D eigenvalue weighted by molar-refractivity contribution is 0.145. The molecule has 4 heteroatoms. The molecule has 0 bridgehead atoms. The zero-order chi connectivity index (χ0) is 11.6. The summed E-state index contributed by atoms with van der Waals surface area (Å²) in [5.74, 6) is 0. The summed E-state index contributed by atoms with van der Waals surface area (Å²) < 4.78 is 4.87. The molecule has 1 amide bonds. The van der Waals surface area contributed by atoms with Crippen molar-refractivity contribution in [2.45, 2.75) is 13.0 Å². The SMILES string of the molecule is [C-]#[N+]CCCOC(=O)NCc1ccccc1. The van der Waals surface area contributed by atoms with Gasteiger partial charge in [-0.25, -0.2) is 11.4 Å². The molecule has 0 aromatic heterocycles. The molecule has 0 heterocycles. The number of carbonyl (C=O) groups excluding carboxylic acids is 1. The van der Waals surface area contributed by atoms with E-state index >= 15 is 0 Å². The molecule has 84 valence electrons. The van der Waals surface area contributed by atoms with Crippen molar-refractivity contribution in [2.75, 3.05) is 13.2 Å². The lowest BCUT2D eigenvalue weighted by Crippen LogP contribution is -2.24. The third kappa shape index (κ3) is 5.01. The molecule has 1 aromatic carbocycles.